The molecule has 0 amide bonds. The molecule has 1 fully saturated rings. The topological polar surface area (TPSA) is 52.0 Å². The molecule has 194 valence electrons. The Morgan fingerprint density at radius 1 is 1.15 bits per heavy atom. The Morgan fingerprint density at radius 3 is 2.67 bits per heavy atom. The maximum absolute atomic E-state index is 6.51. The molecule has 0 bridgehead atoms. The van der Waals surface area contributed by atoms with E-state index in [0.717, 1.165) is 56.5 Å². The van der Waals surface area contributed by atoms with E-state index in [1.807, 2.05) is 36.4 Å². The van der Waals surface area contributed by atoms with Crippen molar-refractivity contribution in [1.29, 1.82) is 0 Å². The minimum Gasteiger partial charge on any atom is -0.422 e. The number of fused-ring (bicyclic) bond motifs is 3. The van der Waals surface area contributed by atoms with Gasteiger partial charge in [0.1, 0.15) is 19.5 Å². The van der Waals surface area contributed by atoms with E-state index >= 15 is 0 Å². The number of nitrogens with zero attached hydrogens (tertiary/aromatic N) is 4. The van der Waals surface area contributed by atoms with Crippen LogP contribution in [0.3, 0.4) is 0 Å². The van der Waals surface area contributed by atoms with Crippen molar-refractivity contribution < 1.29 is 13.9 Å². The lowest BCUT2D eigenvalue weighted by molar-refractivity contribution is -0.421. The summed E-state index contributed by atoms with van der Waals surface area (Å²) < 4.78 is 10.3. The van der Waals surface area contributed by atoms with Gasteiger partial charge in [-0.25, -0.2) is 4.58 Å². The van der Waals surface area contributed by atoms with Gasteiger partial charge in [-0.2, -0.15) is 4.58 Å². The third kappa shape index (κ3) is 3.62. The van der Waals surface area contributed by atoms with Crippen LogP contribution in [-0.4, -0.2) is 48.3 Å². The highest BCUT2D eigenvalue weighted by Gasteiger charge is 2.48. The number of anilines is 1. The molecule has 6 heteroatoms. The van der Waals surface area contributed by atoms with Crippen molar-refractivity contribution in [2.24, 2.45) is 15.9 Å². The molecule has 0 saturated heterocycles. The Hall–Kier alpha value is -4.32. The molecule has 5 aliphatic rings. The second kappa shape index (κ2) is 8.34. The van der Waals surface area contributed by atoms with Crippen molar-refractivity contribution in [2.45, 2.75) is 38.5 Å². The summed E-state index contributed by atoms with van der Waals surface area (Å²) in [5.41, 5.74) is 12.2. The Morgan fingerprint density at radius 2 is 1.95 bits per heavy atom. The number of ether oxygens (including phenoxy) is 1. The van der Waals surface area contributed by atoms with Crippen LogP contribution in [0.1, 0.15) is 53.9 Å². The molecular weight excluding hydrogens is 482 g/mol. The second-order valence-electron chi connectivity index (χ2n) is 11.2. The fraction of sp³-hybridized carbons (Fsp3) is 0.273. The standard InChI is InChI=1S/C33H33N5O/c1-17-12-25-30-29(21-10-11-22(20-8-9-20)26(14-21)34-4)18(2)33(39-28-16-35-19(3)23-15-24(23)28)36-32(30)38(7)31(25)27(13-17)37(5)6/h10-16,20,24,29,34H,2,5,7-9H2,1,3-4,6H3/q+2. The van der Waals surface area contributed by atoms with Crippen molar-refractivity contribution in [2.75, 3.05) is 19.4 Å². The first-order valence-corrected chi connectivity index (χ1v) is 13.5. The molecule has 1 saturated carbocycles. The maximum atomic E-state index is 6.51. The molecule has 7 rings (SSSR count). The first-order chi connectivity index (χ1) is 18.8. The molecule has 1 N–H and O–H groups in total. The van der Waals surface area contributed by atoms with E-state index in [1.165, 1.54) is 29.7 Å². The number of allylic oxidation sites excluding steroid dienone is 2. The van der Waals surface area contributed by atoms with Crippen LogP contribution < -0.4 is 5.32 Å². The molecule has 2 aromatic rings. The molecule has 2 atom stereocenters. The zero-order valence-electron chi connectivity index (χ0n) is 23.0. The number of aryl methyl sites for hydroxylation is 1. The summed E-state index contributed by atoms with van der Waals surface area (Å²) in [4.78, 5) is 9.59. The fourth-order valence-corrected chi connectivity index (χ4v) is 6.19. The highest BCUT2D eigenvalue weighted by molar-refractivity contribution is 6.07. The molecule has 2 aromatic carbocycles. The predicted molar refractivity (Wildman–Crippen MR) is 159 cm³/mol. The normalized spacial score (nSPS) is 22.8. The molecule has 39 heavy (non-hydrogen) atoms. The number of aliphatic imine (C=N–C) groups is 2. The summed E-state index contributed by atoms with van der Waals surface area (Å²) in [6.45, 7) is 17.4. The predicted octanol–water partition coefficient (Wildman–Crippen LogP) is 6.56. The molecule has 0 aromatic heterocycles. The van der Waals surface area contributed by atoms with Crippen LogP contribution in [0.5, 0.6) is 0 Å². The Balaban J connectivity index is 1.40. The third-order valence-corrected chi connectivity index (χ3v) is 8.41. The van der Waals surface area contributed by atoms with Gasteiger partial charge in [-0.3, -0.25) is 4.99 Å². The van der Waals surface area contributed by atoms with Gasteiger partial charge in [0.2, 0.25) is 5.69 Å². The van der Waals surface area contributed by atoms with Crippen LogP contribution in [0.15, 0.2) is 81.9 Å². The molecule has 2 aliphatic carbocycles. The largest absolute Gasteiger partial charge is 0.422 e. The van der Waals surface area contributed by atoms with Gasteiger partial charge in [-0.05, 0) is 72.0 Å². The van der Waals surface area contributed by atoms with E-state index in [0.29, 0.717) is 11.8 Å². The summed E-state index contributed by atoms with van der Waals surface area (Å²) in [6, 6.07) is 11.2. The number of nitrogens with one attached hydrogen (secondary N) is 1. The molecule has 3 heterocycles. The maximum Gasteiger partial charge on any atom is 0.337 e. The van der Waals surface area contributed by atoms with Crippen LogP contribution in [-0.2, 0) is 4.74 Å². The Kier molecular flexibility index (Phi) is 5.08. The molecule has 3 aliphatic heterocycles. The van der Waals surface area contributed by atoms with Crippen LogP contribution in [0.25, 0.3) is 5.57 Å². The van der Waals surface area contributed by atoms with Gasteiger partial charge in [0.05, 0.1) is 30.3 Å². The van der Waals surface area contributed by atoms with E-state index in [9.17, 15) is 0 Å². The van der Waals surface area contributed by atoms with Gasteiger partial charge >= 0.3 is 11.7 Å². The monoisotopic (exact) mass is 515 g/mol. The number of benzene rings is 2. The quantitative estimate of drug-likeness (QED) is 0.362. The summed E-state index contributed by atoms with van der Waals surface area (Å²) in [5.74, 6) is 2.76. The van der Waals surface area contributed by atoms with E-state index in [1.54, 1.807) is 0 Å². The highest BCUT2D eigenvalue weighted by atomic mass is 16.5. The van der Waals surface area contributed by atoms with Crippen molar-refractivity contribution in [3.05, 3.63) is 94.2 Å². The van der Waals surface area contributed by atoms with Gasteiger partial charge in [0, 0.05) is 35.6 Å². The van der Waals surface area contributed by atoms with Crippen LogP contribution >= 0.6 is 0 Å². The minimum absolute atomic E-state index is 0.149. The van der Waals surface area contributed by atoms with Crippen molar-refractivity contribution in [3.8, 4) is 0 Å². The summed E-state index contributed by atoms with van der Waals surface area (Å²) in [5, 5.41) is 3.45. The zero-order chi connectivity index (χ0) is 27.2. The summed E-state index contributed by atoms with van der Waals surface area (Å²) in [7, 11) is 3.96. The molecule has 0 radical (unpaired) electrons. The Bertz CT molecular complexity index is 1710. The lowest BCUT2D eigenvalue weighted by atomic mass is 9.80. The average Bonchev–Trinajstić information content (AvgIpc) is 3.84. The highest BCUT2D eigenvalue weighted by Crippen LogP contribution is 2.55. The van der Waals surface area contributed by atoms with Crippen LogP contribution in [0.2, 0.25) is 0 Å². The van der Waals surface area contributed by atoms with Crippen molar-refractivity contribution >= 4 is 47.7 Å². The van der Waals surface area contributed by atoms with Crippen molar-refractivity contribution in [3.63, 3.8) is 0 Å². The minimum atomic E-state index is -0.149. The first kappa shape index (κ1) is 23.8. The number of rotatable bonds is 5. The zero-order valence-corrected chi connectivity index (χ0v) is 23.0. The smallest absolute Gasteiger partial charge is 0.337 e. The first-order valence-electron chi connectivity index (χ1n) is 13.5. The molecule has 2 unspecified atom stereocenters. The fourth-order valence-electron chi connectivity index (χ4n) is 6.19. The lowest BCUT2D eigenvalue weighted by Gasteiger charge is -2.24. The van der Waals surface area contributed by atoms with E-state index in [-0.39, 0.29) is 11.8 Å². The lowest BCUT2D eigenvalue weighted by Crippen LogP contribution is -2.22. The molecule has 6 nitrogen and oxygen atoms in total. The number of hydrogen-bond donors (Lipinski definition) is 1. The van der Waals surface area contributed by atoms with Crippen LogP contribution in [0.4, 0.5) is 17.1 Å². The SMILES string of the molecule is C=C1C(OC2=CN=C(C)C3=CC23)=NC2=C(c3cc(C)cc([N+](=C)C)c3[N+]2=C)C1c1ccc(C2CC2)c(NC)c1. The van der Waals surface area contributed by atoms with E-state index < -0.39 is 0 Å². The van der Waals surface area contributed by atoms with Gasteiger partial charge < -0.3 is 10.1 Å². The van der Waals surface area contributed by atoms with Crippen molar-refractivity contribution in [1.82, 2.24) is 0 Å². The molecule has 0 spiro atoms. The summed E-state index contributed by atoms with van der Waals surface area (Å²) >= 11 is 0. The van der Waals surface area contributed by atoms with Crippen LogP contribution in [0, 0.1) is 12.8 Å². The number of hydrogen-bond acceptors (Lipinski definition) is 4. The van der Waals surface area contributed by atoms with Gasteiger partial charge in [-0.15, -0.1) is 0 Å². The van der Waals surface area contributed by atoms with Gasteiger partial charge in [-0.1, -0.05) is 24.8 Å². The average molecular weight is 516 g/mol. The van der Waals surface area contributed by atoms with E-state index in [4.69, 9.17) is 9.73 Å². The van der Waals surface area contributed by atoms with Gasteiger partial charge in [0.15, 0.2) is 0 Å². The van der Waals surface area contributed by atoms with E-state index in [2.05, 4.69) is 73.7 Å². The Labute approximate surface area is 229 Å². The van der Waals surface area contributed by atoms with Gasteiger partial charge in [0.25, 0.3) is 5.69 Å². The third-order valence-electron chi connectivity index (χ3n) is 8.41. The second-order valence-corrected chi connectivity index (χ2v) is 11.2. The molecular formula is C33H33N5O+2. The summed E-state index contributed by atoms with van der Waals surface area (Å²) in [6.07, 6.45) is 6.50.